The molecule has 0 saturated carbocycles. The van der Waals surface area contributed by atoms with Gasteiger partial charge in [0.05, 0.1) is 10.9 Å². The molecule has 0 radical (unpaired) electrons. The zero-order valence-electron chi connectivity index (χ0n) is 13.9. The van der Waals surface area contributed by atoms with E-state index in [-0.39, 0.29) is 16.8 Å². The largest absolute Gasteiger partial charge is 0.462 e. The highest BCUT2D eigenvalue weighted by molar-refractivity contribution is 9.10. The highest BCUT2D eigenvalue weighted by atomic mass is 79.9. The van der Waals surface area contributed by atoms with E-state index in [1.54, 1.807) is 30.3 Å². The molecule has 0 amide bonds. The highest BCUT2D eigenvalue weighted by Gasteiger charge is 2.15. The Hall–Kier alpha value is -2.93. The molecule has 3 aromatic rings. The number of esters is 2. The fourth-order valence-corrected chi connectivity index (χ4v) is 2.97. The molecule has 0 atom stereocenters. The first-order valence-corrected chi connectivity index (χ1v) is 8.37. The van der Waals surface area contributed by atoms with Gasteiger partial charge in [-0.3, -0.25) is 14.4 Å². The monoisotopic (exact) mass is 416 g/mol. The number of ether oxygens (including phenoxy) is 2. The minimum absolute atomic E-state index is 0.235. The Labute approximate surface area is 156 Å². The summed E-state index contributed by atoms with van der Waals surface area (Å²) in [5, 5.41) is 0.342. The molecule has 0 aliphatic heterocycles. The van der Waals surface area contributed by atoms with Crippen LogP contribution in [0.1, 0.15) is 13.8 Å². The summed E-state index contributed by atoms with van der Waals surface area (Å²) >= 11 is 3.30. The molecule has 0 unspecified atom stereocenters. The van der Waals surface area contributed by atoms with Gasteiger partial charge in [0.15, 0.2) is 5.58 Å². The third-order valence-electron chi connectivity index (χ3n) is 3.53. The van der Waals surface area contributed by atoms with Gasteiger partial charge in [-0.15, -0.1) is 0 Å². The van der Waals surface area contributed by atoms with Crippen LogP contribution < -0.4 is 14.9 Å². The number of benzene rings is 2. The molecule has 3 rings (SSSR count). The van der Waals surface area contributed by atoms with E-state index in [2.05, 4.69) is 15.9 Å². The van der Waals surface area contributed by atoms with Crippen LogP contribution in [0.3, 0.4) is 0 Å². The number of hydrogen-bond donors (Lipinski definition) is 0. The maximum atomic E-state index is 12.8. The quantitative estimate of drug-likeness (QED) is 0.472. The van der Waals surface area contributed by atoms with Crippen LogP contribution in [-0.2, 0) is 9.59 Å². The Bertz CT molecular complexity index is 1070. The normalized spacial score (nSPS) is 10.6. The van der Waals surface area contributed by atoms with Crippen LogP contribution in [0.15, 0.2) is 56.3 Å². The predicted octanol–water partition coefficient (Wildman–Crippen LogP) is 4.07. The number of hydrogen-bond acceptors (Lipinski definition) is 6. The summed E-state index contributed by atoms with van der Waals surface area (Å²) in [4.78, 5) is 34.9. The fraction of sp³-hybridized carbons (Fsp3) is 0.105. The molecule has 6 nitrogen and oxygen atoms in total. The molecule has 2 aromatic carbocycles. The highest BCUT2D eigenvalue weighted by Crippen LogP contribution is 2.33. The minimum atomic E-state index is -0.475. The van der Waals surface area contributed by atoms with Crippen LogP contribution in [-0.4, -0.2) is 11.9 Å². The van der Waals surface area contributed by atoms with Gasteiger partial charge in [-0.2, -0.15) is 0 Å². The molecule has 1 heterocycles. The van der Waals surface area contributed by atoms with Crippen molar-refractivity contribution in [2.45, 2.75) is 13.8 Å². The Morgan fingerprint density at radius 1 is 0.962 bits per heavy atom. The molecular weight excluding hydrogens is 404 g/mol. The first-order valence-electron chi connectivity index (χ1n) is 7.58. The Morgan fingerprint density at radius 3 is 2.23 bits per heavy atom. The van der Waals surface area contributed by atoms with Crippen LogP contribution in [0.4, 0.5) is 0 Å². The standard InChI is InChI=1S/C19H13BrO6/c1-10(21)25-13-5-3-12(4-6-13)15-9-24-19-14(18(15)23)7-8-16(17(19)20)26-11(2)22/h3-9H,1-2H3. The van der Waals surface area contributed by atoms with E-state index in [0.717, 1.165) is 0 Å². The maximum Gasteiger partial charge on any atom is 0.308 e. The molecular formula is C19H13BrO6. The van der Waals surface area contributed by atoms with Gasteiger partial charge < -0.3 is 13.9 Å². The van der Waals surface area contributed by atoms with Gasteiger partial charge in [-0.1, -0.05) is 12.1 Å². The van der Waals surface area contributed by atoms with Crippen molar-refractivity contribution in [3.05, 3.63) is 57.4 Å². The lowest BCUT2D eigenvalue weighted by Gasteiger charge is -2.08. The second-order valence-electron chi connectivity index (χ2n) is 5.44. The first kappa shape index (κ1) is 17.9. The van der Waals surface area contributed by atoms with Crippen molar-refractivity contribution in [3.63, 3.8) is 0 Å². The van der Waals surface area contributed by atoms with Crippen molar-refractivity contribution in [2.75, 3.05) is 0 Å². The number of rotatable bonds is 3. The van der Waals surface area contributed by atoms with Crippen LogP contribution in [0.25, 0.3) is 22.1 Å². The van der Waals surface area contributed by atoms with Crippen molar-refractivity contribution in [1.82, 2.24) is 0 Å². The van der Waals surface area contributed by atoms with Gasteiger partial charge in [0.2, 0.25) is 5.43 Å². The van der Waals surface area contributed by atoms with E-state index in [1.807, 2.05) is 0 Å². The van der Waals surface area contributed by atoms with Gasteiger partial charge in [0.25, 0.3) is 0 Å². The smallest absolute Gasteiger partial charge is 0.308 e. The number of carbonyl (C=O) groups is 2. The van der Waals surface area contributed by atoms with Crippen LogP contribution in [0.5, 0.6) is 11.5 Å². The van der Waals surface area contributed by atoms with Gasteiger partial charge in [-0.25, -0.2) is 0 Å². The van der Waals surface area contributed by atoms with E-state index in [4.69, 9.17) is 13.9 Å². The summed E-state index contributed by atoms with van der Waals surface area (Å²) in [5.41, 5.74) is 1.03. The molecule has 0 spiro atoms. The molecule has 0 saturated heterocycles. The lowest BCUT2D eigenvalue weighted by atomic mass is 10.1. The van der Waals surface area contributed by atoms with E-state index in [9.17, 15) is 14.4 Å². The Balaban J connectivity index is 2.06. The topological polar surface area (TPSA) is 82.8 Å². The third kappa shape index (κ3) is 3.52. The molecule has 0 aliphatic carbocycles. The van der Waals surface area contributed by atoms with Crippen LogP contribution in [0, 0.1) is 0 Å². The molecule has 0 N–H and O–H groups in total. The molecule has 0 bridgehead atoms. The van der Waals surface area contributed by atoms with E-state index in [1.165, 1.54) is 26.2 Å². The first-order chi connectivity index (χ1) is 12.4. The fourth-order valence-electron chi connectivity index (χ4n) is 2.45. The molecule has 0 fully saturated rings. The summed E-state index contributed by atoms with van der Waals surface area (Å²) in [6, 6.07) is 9.59. The number of halogens is 1. The molecule has 132 valence electrons. The van der Waals surface area contributed by atoms with Crippen molar-refractivity contribution in [3.8, 4) is 22.6 Å². The average molecular weight is 417 g/mol. The SMILES string of the molecule is CC(=O)Oc1ccc(-c2coc3c(Br)c(OC(C)=O)ccc3c2=O)cc1. The third-order valence-corrected chi connectivity index (χ3v) is 4.28. The Morgan fingerprint density at radius 2 is 1.62 bits per heavy atom. The molecule has 1 aromatic heterocycles. The lowest BCUT2D eigenvalue weighted by molar-refractivity contribution is -0.132. The lowest BCUT2D eigenvalue weighted by Crippen LogP contribution is -2.07. The van der Waals surface area contributed by atoms with Crippen molar-refractivity contribution in [1.29, 1.82) is 0 Å². The number of fused-ring (bicyclic) bond motifs is 1. The summed E-state index contributed by atoms with van der Waals surface area (Å²) < 4.78 is 16.0. The average Bonchev–Trinajstić information content (AvgIpc) is 2.58. The second kappa shape index (κ2) is 7.13. The summed E-state index contributed by atoms with van der Waals surface area (Å²) in [6.45, 7) is 2.60. The van der Waals surface area contributed by atoms with Crippen molar-refractivity contribution >= 4 is 38.8 Å². The second-order valence-corrected chi connectivity index (χ2v) is 6.24. The minimum Gasteiger partial charge on any atom is -0.462 e. The number of carbonyl (C=O) groups excluding carboxylic acids is 2. The summed E-state index contributed by atoms with van der Waals surface area (Å²) in [5.74, 6) is -0.236. The predicted molar refractivity (Wildman–Crippen MR) is 98.2 cm³/mol. The zero-order valence-corrected chi connectivity index (χ0v) is 15.5. The van der Waals surface area contributed by atoms with E-state index < -0.39 is 11.9 Å². The van der Waals surface area contributed by atoms with Gasteiger partial charge in [0, 0.05) is 13.8 Å². The zero-order chi connectivity index (χ0) is 18.8. The van der Waals surface area contributed by atoms with Gasteiger partial charge in [-0.05, 0) is 45.8 Å². The van der Waals surface area contributed by atoms with Crippen LogP contribution in [0.2, 0.25) is 0 Å². The van der Waals surface area contributed by atoms with Gasteiger partial charge >= 0.3 is 11.9 Å². The van der Waals surface area contributed by atoms with E-state index in [0.29, 0.717) is 26.7 Å². The Kier molecular flexibility index (Phi) is 4.90. The maximum absolute atomic E-state index is 12.8. The summed E-state index contributed by atoms with van der Waals surface area (Å²) in [7, 11) is 0. The van der Waals surface area contributed by atoms with Gasteiger partial charge in [0.1, 0.15) is 22.2 Å². The van der Waals surface area contributed by atoms with E-state index >= 15 is 0 Å². The molecule has 0 aliphatic rings. The molecule has 7 heteroatoms. The summed E-state index contributed by atoms with van der Waals surface area (Å²) in [6.07, 6.45) is 1.34. The van der Waals surface area contributed by atoms with Crippen LogP contribution >= 0.6 is 15.9 Å². The van der Waals surface area contributed by atoms with Crippen molar-refractivity contribution < 1.29 is 23.5 Å². The molecule has 26 heavy (non-hydrogen) atoms. The van der Waals surface area contributed by atoms with Crippen molar-refractivity contribution in [2.24, 2.45) is 0 Å².